The van der Waals surface area contributed by atoms with Crippen LogP contribution in [0.25, 0.3) is 10.9 Å². The number of methoxy groups -OCH3 is 1. The van der Waals surface area contributed by atoms with Crippen molar-refractivity contribution in [2.75, 3.05) is 14.2 Å². The zero-order valence-electron chi connectivity index (χ0n) is 8.85. The lowest BCUT2D eigenvalue weighted by molar-refractivity contribution is -0.428. The number of ether oxygens (including phenoxy) is 1. The van der Waals surface area contributed by atoms with E-state index in [0.717, 1.165) is 5.39 Å². The Labute approximate surface area is 90.8 Å². The van der Waals surface area contributed by atoms with Crippen LogP contribution in [-0.2, 0) is 4.74 Å². The molecular formula is C10H10N3O3+. The van der Waals surface area contributed by atoms with E-state index in [4.69, 9.17) is 0 Å². The molecule has 1 N–H and O–H groups in total. The first-order valence-electron chi connectivity index (χ1n) is 4.60. The van der Waals surface area contributed by atoms with Gasteiger partial charge >= 0.3 is 5.97 Å². The first-order chi connectivity index (χ1) is 7.63. The fraction of sp³-hybridized carbons (Fsp3) is 0.200. The van der Waals surface area contributed by atoms with Crippen LogP contribution in [0.15, 0.2) is 18.3 Å². The summed E-state index contributed by atoms with van der Waals surface area (Å²) in [6.07, 6.45) is 1.59. The number of carbonyl (C=O) groups is 1. The van der Waals surface area contributed by atoms with Gasteiger partial charge in [-0.1, -0.05) is 0 Å². The predicted octanol–water partition coefficient (Wildman–Crippen LogP) is 1.39. The van der Waals surface area contributed by atoms with Crippen molar-refractivity contribution in [1.82, 2.24) is 10.2 Å². The molecule has 0 aliphatic heterocycles. The van der Waals surface area contributed by atoms with Crippen molar-refractivity contribution in [3.05, 3.63) is 28.8 Å². The first kappa shape index (κ1) is 10.3. The van der Waals surface area contributed by atoms with Gasteiger partial charge in [-0.05, 0) is 6.07 Å². The molecule has 16 heavy (non-hydrogen) atoms. The molecule has 0 amide bonds. The van der Waals surface area contributed by atoms with E-state index in [1.165, 1.54) is 14.2 Å². The van der Waals surface area contributed by atoms with Crippen LogP contribution in [0.2, 0.25) is 0 Å². The van der Waals surface area contributed by atoms with E-state index in [1.54, 1.807) is 18.3 Å². The topological polar surface area (TPSA) is 75.1 Å². The SMILES string of the molecule is COC(=O)c1cc2[nH]ncc2cc1[N+](C)=O. The van der Waals surface area contributed by atoms with Gasteiger partial charge in [0.15, 0.2) is 7.05 Å². The Morgan fingerprint density at radius 3 is 2.88 bits per heavy atom. The molecular weight excluding hydrogens is 210 g/mol. The second-order valence-electron chi connectivity index (χ2n) is 3.32. The lowest BCUT2D eigenvalue weighted by Gasteiger charge is -2.00. The van der Waals surface area contributed by atoms with Crippen molar-refractivity contribution in [3.8, 4) is 0 Å². The molecule has 6 heteroatoms. The number of H-pyrrole nitrogens is 1. The van der Waals surface area contributed by atoms with Gasteiger partial charge < -0.3 is 4.74 Å². The number of nitrogens with one attached hydrogen (secondary N) is 1. The van der Waals surface area contributed by atoms with Crippen LogP contribution in [0.3, 0.4) is 0 Å². The van der Waals surface area contributed by atoms with Gasteiger partial charge in [-0.3, -0.25) is 5.10 Å². The summed E-state index contributed by atoms with van der Waals surface area (Å²) in [5, 5.41) is 7.33. The van der Waals surface area contributed by atoms with Crippen LogP contribution >= 0.6 is 0 Å². The maximum atomic E-state index is 11.5. The van der Waals surface area contributed by atoms with Gasteiger partial charge in [-0.2, -0.15) is 5.10 Å². The van der Waals surface area contributed by atoms with Crippen LogP contribution in [0, 0.1) is 4.91 Å². The van der Waals surface area contributed by atoms with Crippen molar-refractivity contribution in [2.24, 2.45) is 0 Å². The molecule has 1 heterocycles. The summed E-state index contributed by atoms with van der Waals surface area (Å²) >= 11 is 0. The van der Waals surface area contributed by atoms with E-state index in [-0.39, 0.29) is 11.3 Å². The number of rotatable bonds is 2. The number of fused-ring (bicyclic) bond motifs is 1. The number of nitrogens with zero attached hydrogens (tertiary/aromatic N) is 2. The molecule has 0 aliphatic rings. The Kier molecular flexibility index (Phi) is 2.40. The van der Waals surface area contributed by atoms with Crippen molar-refractivity contribution < 1.29 is 14.3 Å². The molecule has 0 saturated heterocycles. The zero-order valence-corrected chi connectivity index (χ0v) is 8.85. The van der Waals surface area contributed by atoms with Gasteiger partial charge in [-0.25, -0.2) is 4.79 Å². The molecule has 0 atom stereocenters. The third-order valence-corrected chi connectivity index (χ3v) is 2.30. The highest BCUT2D eigenvalue weighted by molar-refractivity contribution is 5.98. The van der Waals surface area contributed by atoms with E-state index < -0.39 is 5.97 Å². The molecule has 0 saturated carbocycles. The second-order valence-corrected chi connectivity index (χ2v) is 3.32. The van der Waals surface area contributed by atoms with Gasteiger partial charge in [0, 0.05) is 21.1 Å². The van der Waals surface area contributed by atoms with Crippen LogP contribution in [0.5, 0.6) is 0 Å². The van der Waals surface area contributed by atoms with Gasteiger partial charge in [0.1, 0.15) is 5.56 Å². The first-order valence-corrected chi connectivity index (χ1v) is 4.60. The number of nitroso groups, excluding NO2 is 1. The smallest absolute Gasteiger partial charge is 0.344 e. The van der Waals surface area contributed by atoms with Gasteiger partial charge in [-0.15, -0.1) is 0 Å². The number of benzene rings is 1. The van der Waals surface area contributed by atoms with Crippen molar-refractivity contribution in [2.45, 2.75) is 0 Å². The minimum atomic E-state index is -0.547. The number of carbonyl (C=O) groups excluding carboxylic acids is 1. The average Bonchev–Trinajstić information content (AvgIpc) is 2.73. The molecule has 0 fully saturated rings. The minimum absolute atomic E-state index is 0.219. The van der Waals surface area contributed by atoms with Gasteiger partial charge in [0.05, 0.1) is 18.8 Å². The molecule has 6 nitrogen and oxygen atoms in total. The minimum Gasteiger partial charge on any atom is -0.465 e. The molecule has 1 aromatic carbocycles. The van der Waals surface area contributed by atoms with Crippen LogP contribution < -0.4 is 0 Å². The van der Waals surface area contributed by atoms with Crippen LogP contribution in [-0.4, -0.2) is 35.1 Å². The highest BCUT2D eigenvalue weighted by Gasteiger charge is 2.22. The second kappa shape index (κ2) is 3.73. The summed E-state index contributed by atoms with van der Waals surface area (Å²) in [4.78, 5) is 22.8. The molecule has 0 radical (unpaired) electrons. The highest BCUT2D eigenvalue weighted by Crippen LogP contribution is 2.24. The monoisotopic (exact) mass is 220 g/mol. The summed E-state index contributed by atoms with van der Waals surface area (Å²) in [6.45, 7) is 0. The Morgan fingerprint density at radius 2 is 2.25 bits per heavy atom. The summed E-state index contributed by atoms with van der Waals surface area (Å²) in [6, 6.07) is 3.15. The number of hydrogen-bond donors (Lipinski definition) is 1. The van der Waals surface area contributed by atoms with E-state index in [1.807, 2.05) is 0 Å². The van der Waals surface area contributed by atoms with Gasteiger partial charge in [0.25, 0.3) is 5.69 Å². The molecule has 1 aromatic heterocycles. The van der Waals surface area contributed by atoms with Crippen LogP contribution in [0.4, 0.5) is 5.69 Å². The standard InChI is InChI=1S/C10H9N3O3/c1-13(15)9-3-6-5-11-12-8(6)4-7(9)10(14)16-2/h3-5H,1-2H3/p+1. The Hall–Kier alpha value is -2.24. The van der Waals surface area contributed by atoms with Crippen molar-refractivity contribution >= 4 is 22.6 Å². The molecule has 0 bridgehead atoms. The fourth-order valence-electron chi connectivity index (χ4n) is 1.51. The molecule has 0 aliphatic carbocycles. The summed E-state index contributed by atoms with van der Waals surface area (Å²) in [5.41, 5.74) is 1.17. The highest BCUT2D eigenvalue weighted by atomic mass is 16.5. The fourth-order valence-corrected chi connectivity index (χ4v) is 1.51. The largest absolute Gasteiger partial charge is 0.465 e. The van der Waals surface area contributed by atoms with E-state index in [9.17, 15) is 9.70 Å². The van der Waals surface area contributed by atoms with E-state index >= 15 is 0 Å². The van der Waals surface area contributed by atoms with Crippen LogP contribution in [0.1, 0.15) is 10.4 Å². The van der Waals surface area contributed by atoms with Crippen molar-refractivity contribution in [1.29, 1.82) is 0 Å². The molecule has 0 spiro atoms. The Bertz CT molecular complexity index is 574. The summed E-state index contributed by atoms with van der Waals surface area (Å²) < 4.78 is 5.24. The quantitative estimate of drug-likeness (QED) is 0.613. The Balaban J connectivity index is 2.72. The maximum Gasteiger partial charge on any atom is 0.344 e. The summed E-state index contributed by atoms with van der Waals surface area (Å²) in [7, 11) is 2.60. The number of hydrogen-bond acceptors (Lipinski definition) is 4. The lowest BCUT2D eigenvalue weighted by Crippen LogP contribution is -2.06. The third kappa shape index (κ3) is 1.54. The van der Waals surface area contributed by atoms with E-state index in [0.29, 0.717) is 10.3 Å². The third-order valence-electron chi connectivity index (χ3n) is 2.30. The number of esters is 1. The normalized spacial score (nSPS) is 10.4. The van der Waals surface area contributed by atoms with Crippen molar-refractivity contribution in [3.63, 3.8) is 0 Å². The molecule has 2 rings (SSSR count). The number of aromatic nitrogens is 2. The molecule has 2 aromatic rings. The molecule has 82 valence electrons. The zero-order chi connectivity index (χ0) is 11.7. The Morgan fingerprint density at radius 1 is 1.50 bits per heavy atom. The lowest BCUT2D eigenvalue weighted by atomic mass is 10.1. The predicted molar refractivity (Wildman–Crippen MR) is 56.6 cm³/mol. The number of aromatic amines is 1. The van der Waals surface area contributed by atoms with Gasteiger partial charge in [0.2, 0.25) is 0 Å². The maximum absolute atomic E-state index is 11.5. The summed E-state index contributed by atoms with van der Waals surface area (Å²) in [5.74, 6) is -0.547. The average molecular weight is 220 g/mol. The van der Waals surface area contributed by atoms with E-state index in [2.05, 4.69) is 14.9 Å². The molecule has 0 unspecified atom stereocenters.